The Morgan fingerprint density at radius 1 is 0.299 bits per heavy atom. The van der Waals surface area contributed by atoms with Crippen molar-refractivity contribution >= 4 is 101 Å². The van der Waals surface area contributed by atoms with Crippen LogP contribution in [0.4, 0.5) is 34.1 Å². The van der Waals surface area contributed by atoms with Crippen molar-refractivity contribution in [2.75, 3.05) is 9.80 Å². The van der Waals surface area contributed by atoms with Gasteiger partial charge >= 0.3 is 0 Å². The van der Waals surface area contributed by atoms with E-state index in [2.05, 4.69) is 106 Å². The molecule has 0 radical (unpaired) electrons. The molecule has 14 aromatic carbocycles. The van der Waals surface area contributed by atoms with Gasteiger partial charge in [-0.15, -0.1) is 0 Å². The molecule has 0 spiro atoms. The van der Waals surface area contributed by atoms with Crippen LogP contribution in [0.5, 0.6) is 0 Å². The third-order valence-corrected chi connectivity index (χ3v) is 19.3. The second-order valence-corrected chi connectivity index (χ2v) is 27.0. The van der Waals surface area contributed by atoms with E-state index in [1.807, 2.05) is 146 Å². The van der Waals surface area contributed by atoms with Crippen LogP contribution in [0.1, 0.15) is 77.3 Å². The number of para-hydroxylation sites is 6. The highest BCUT2D eigenvalue weighted by molar-refractivity contribution is 7.00. The van der Waals surface area contributed by atoms with E-state index in [0.29, 0.717) is 50.5 Å². The van der Waals surface area contributed by atoms with Gasteiger partial charge in [-0.3, -0.25) is 0 Å². The van der Waals surface area contributed by atoms with Gasteiger partial charge in [0.05, 0.1) is 58.1 Å². The van der Waals surface area contributed by atoms with Gasteiger partial charge in [-0.05, 0) is 132 Å². The van der Waals surface area contributed by atoms with Gasteiger partial charge in [0.2, 0.25) is 0 Å². The standard InChI is InChI=1S/C92H71BN4/c1-91(2,3)65-49-52-68(77(57-65)92(4,5)6)64-55-86-88-87(56-64)97(90-71(62-33-15-9-16-34-62)43-28-44-72(90)63-35-17-10-18-36-63)85-59-67(95-82-47-25-21-39-75(82)76-40-22-26-48-83(76)95)51-54-79(85)93(88)78-53-50-66(94-80-45-23-19-37-73(80)74-38-20-24-46-81(74)94)58-84(78)96(86)89-69(60-29-11-7-12-30-60)41-27-42-70(89)61-31-13-8-14-32-61/h7-59H,1-6H3/i19D,20D,21D,22D,23D,24D,25D,26D,37D,38D,39D,40D,45D,46D,47D,48D,53D,54D. The van der Waals surface area contributed by atoms with Gasteiger partial charge in [0.25, 0.3) is 6.71 Å². The van der Waals surface area contributed by atoms with Gasteiger partial charge in [0, 0.05) is 77.9 Å². The third kappa shape index (κ3) is 9.35. The third-order valence-electron chi connectivity index (χ3n) is 19.3. The zero-order chi connectivity index (χ0) is 80.9. The molecule has 5 heteroatoms. The largest absolute Gasteiger partial charge is 0.310 e. The molecular weight excluding hydrogens is 1170 g/mol. The average Bonchev–Trinajstić information content (AvgIpc) is 1.60. The molecule has 97 heavy (non-hydrogen) atoms. The van der Waals surface area contributed by atoms with E-state index in [9.17, 15) is 19.2 Å². The Balaban J connectivity index is 1.10. The van der Waals surface area contributed by atoms with Crippen LogP contribution in [-0.4, -0.2) is 15.8 Å². The predicted molar refractivity (Wildman–Crippen MR) is 414 cm³/mol. The van der Waals surface area contributed by atoms with E-state index in [0.717, 1.165) is 66.8 Å². The van der Waals surface area contributed by atoms with Gasteiger partial charge < -0.3 is 18.9 Å². The van der Waals surface area contributed by atoms with Gasteiger partial charge in [-0.2, -0.15) is 0 Å². The summed E-state index contributed by atoms with van der Waals surface area (Å²) >= 11 is 0. The highest BCUT2D eigenvalue weighted by Gasteiger charge is 2.46. The smallest absolute Gasteiger partial charge is 0.252 e. The first-order valence-corrected chi connectivity index (χ1v) is 32.6. The second-order valence-electron chi connectivity index (χ2n) is 27.0. The highest BCUT2D eigenvalue weighted by atomic mass is 15.2. The number of benzene rings is 14. The molecule has 0 amide bonds. The topological polar surface area (TPSA) is 16.3 Å². The van der Waals surface area contributed by atoms with E-state index < -0.39 is 109 Å². The molecule has 0 saturated carbocycles. The van der Waals surface area contributed by atoms with Crippen LogP contribution >= 0.6 is 0 Å². The fourth-order valence-corrected chi connectivity index (χ4v) is 14.9. The van der Waals surface area contributed by atoms with Crippen LogP contribution in [0.2, 0.25) is 0 Å². The fraction of sp³-hybridized carbons (Fsp3) is 0.0870. The lowest BCUT2D eigenvalue weighted by Crippen LogP contribution is -2.61. The SMILES string of the molecule is [2H]c1cc(-n2c3c([2H])c([2H])c([2H])c([2H])c3c3c([2H])c([2H])c([2H])c([2H])c32)cc2c1B1c3c([2H])cc(-n4c5c([2H])c([2H])c([2H])c([2H])c5c5c([2H])c([2H])c([2H])c([2H])c54)cc3N(c3c(-c4ccccc4)cccc3-c3ccccc3)c3cc(-c4ccc(C(C)(C)C)cc4C(C)(C)C)cc(c31)N2c1c(-c2ccccc2)cccc1-c1ccccc1. The molecule has 0 atom stereocenters. The Kier molecular flexibility index (Phi) is 9.73. The summed E-state index contributed by atoms with van der Waals surface area (Å²) in [6.45, 7) is 12.0. The Bertz CT molecular complexity index is 6270. The predicted octanol–water partition coefficient (Wildman–Crippen LogP) is 22.9. The van der Waals surface area contributed by atoms with Crippen molar-refractivity contribution in [3.8, 4) is 67.0 Å². The zero-order valence-electron chi connectivity index (χ0n) is 72.1. The summed E-state index contributed by atoms with van der Waals surface area (Å²) in [6.07, 6.45) is 0. The average molecular weight is 1260 g/mol. The summed E-state index contributed by atoms with van der Waals surface area (Å²) in [5, 5.41) is -0.620. The van der Waals surface area contributed by atoms with Crippen molar-refractivity contribution < 1.29 is 24.7 Å². The molecule has 0 N–H and O–H groups in total. The molecule has 16 aromatic rings. The van der Waals surface area contributed by atoms with Gasteiger partial charge in [0.1, 0.15) is 0 Å². The van der Waals surface area contributed by atoms with Crippen molar-refractivity contribution in [1.82, 2.24) is 9.13 Å². The maximum absolute atomic E-state index is 11.3. The van der Waals surface area contributed by atoms with E-state index in [1.54, 1.807) is 12.1 Å². The van der Waals surface area contributed by atoms with E-state index in [1.165, 1.54) is 9.13 Å². The van der Waals surface area contributed by atoms with E-state index >= 15 is 0 Å². The second kappa shape index (κ2) is 22.5. The molecule has 18 rings (SSSR count). The van der Waals surface area contributed by atoms with Crippen molar-refractivity contribution in [3.05, 3.63) is 332 Å². The summed E-state index contributed by atoms with van der Waals surface area (Å²) in [4.78, 5) is 4.33. The first-order chi connectivity index (χ1) is 54.9. The fourth-order valence-electron chi connectivity index (χ4n) is 14.9. The molecule has 0 fully saturated rings. The minimum atomic E-state index is -1.15. The maximum atomic E-state index is 11.3. The summed E-state index contributed by atoms with van der Waals surface area (Å²) in [5.74, 6) is 0. The summed E-state index contributed by atoms with van der Waals surface area (Å²) in [6, 6.07) is 60.2. The monoisotopic (exact) mass is 1260 g/mol. The lowest BCUT2D eigenvalue weighted by Gasteiger charge is -2.46. The number of hydrogen-bond donors (Lipinski definition) is 0. The number of nitrogens with zero attached hydrogens (tertiary/aromatic N) is 4. The number of rotatable bonds is 9. The molecular formula is C92H71BN4. The molecule has 0 saturated heterocycles. The van der Waals surface area contributed by atoms with Crippen LogP contribution in [0.15, 0.2) is 321 Å². The molecule has 4 nitrogen and oxygen atoms in total. The normalized spacial score (nSPS) is 15.4. The molecule has 2 aliphatic rings. The first-order valence-electron chi connectivity index (χ1n) is 41.6. The summed E-state index contributed by atoms with van der Waals surface area (Å²) in [7, 11) is 0. The van der Waals surface area contributed by atoms with Gasteiger partial charge in [-0.1, -0.05) is 302 Å². The van der Waals surface area contributed by atoms with Crippen LogP contribution in [0, 0.1) is 0 Å². The van der Waals surface area contributed by atoms with Crippen LogP contribution in [-0.2, 0) is 10.8 Å². The Morgan fingerprint density at radius 2 is 0.649 bits per heavy atom. The van der Waals surface area contributed by atoms with E-state index in [-0.39, 0.29) is 72.5 Å². The number of anilines is 6. The van der Waals surface area contributed by atoms with E-state index in [4.69, 9.17) is 5.48 Å². The van der Waals surface area contributed by atoms with Crippen molar-refractivity contribution in [2.24, 2.45) is 0 Å². The highest BCUT2D eigenvalue weighted by Crippen LogP contribution is 2.55. The maximum Gasteiger partial charge on any atom is 0.252 e. The minimum absolute atomic E-state index is 0.0961. The minimum Gasteiger partial charge on any atom is -0.310 e. The summed E-state index contributed by atoms with van der Waals surface area (Å²) in [5.41, 5.74) is 13.0. The molecule has 2 aromatic heterocycles. The molecule has 0 aliphatic carbocycles. The molecule has 0 bridgehead atoms. The quantitative estimate of drug-likeness (QED) is 0.134. The summed E-state index contributed by atoms with van der Waals surface area (Å²) < 4.78 is 177. The molecule has 462 valence electrons. The Morgan fingerprint density at radius 3 is 0.990 bits per heavy atom. The number of hydrogen-bond acceptors (Lipinski definition) is 2. The Labute approximate surface area is 593 Å². The molecule has 2 aliphatic heterocycles. The lowest BCUT2D eigenvalue weighted by molar-refractivity contribution is 0.570. The van der Waals surface area contributed by atoms with Crippen LogP contribution in [0.3, 0.4) is 0 Å². The lowest BCUT2D eigenvalue weighted by atomic mass is 9.33. The van der Waals surface area contributed by atoms with Crippen molar-refractivity contribution in [3.63, 3.8) is 0 Å². The van der Waals surface area contributed by atoms with Gasteiger partial charge in [0.15, 0.2) is 0 Å². The van der Waals surface area contributed by atoms with Crippen LogP contribution in [0.25, 0.3) is 111 Å². The molecule has 0 unspecified atom stereocenters. The Hall–Kier alpha value is -11.7. The first kappa shape index (κ1) is 41.9. The van der Waals surface area contributed by atoms with Gasteiger partial charge in [-0.25, -0.2) is 0 Å². The van der Waals surface area contributed by atoms with Crippen molar-refractivity contribution in [2.45, 2.75) is 52.4 Å². The number of fused-ring (bicyclic) bond motifs is 10. The zero-order valence-corrected chi connectivity index (χ0v) is 54.1. The molecule has 4 heterocycles. The van der Waals surface area contributed by atoms with Crippen molar-refractivity contribution in [1.29, 1.82) is 0 Å². The number of aromatic nitrogens is 2. The van der Waals surface area contributed by atoms with Crippen LogP contribution < -0.4 is 26.2 Å².